The molecule has 0 amide bonds. The van der Waals surface area contributed by atoms with Crippen LogP contribution in [0.1, 0.15) is 12.5 Å². The van der Waals surface area contributed by atoms with Crippen molar-refractivity contribution in [2.45, 2.75) is 18.2 Å². The maximum atomic E-state index is 11.8. The van der Waals surface area contributed by atoms with Gasteiger partial charge in [-0.2, -0.15) is 0 Å². The molecule has 0 atom stereocenters. The van der Waals surface area contributed by atoms with Gasteiger partial charge in [-0.3, -0.25) is 5.11 Å². The summed E-state index contributed by atoms with van der Waals surface area (Å²) in [7, 11) is 0. The number of benzene rings is 2. The van der Waals surface area contributed by atoms with Gasteiger partial charge in [0.1, 0.15) is 0 Å². The molecular weight excluding hydrogens is 228 g/mol. The van der Waals surface area contributed by atoms with Crippen LogP contribution in [0.4, 0.5) is 0 Å². The maximum absolute atomic E-state index is 11.8. The van der Waals surface area contributed by atoms with Gasteiger partial charge < -0.3 is 0 Å². The van der Waals surface area contributed by atoms with E-state index in [-0.39, 0.29) is 5.75 Å². The molecule has 0 aromatic heterocycles. The first-order valence-electron chi connectivity index (χ1n) is 5.69. The van der Waals surface area contributed by atoms with E-state index >= 15 is 0 Å². The molecule has 87 valence electrons. The Kier molecular flexibility index (Phi) is 3.75. The number of hydrogen-bond donors (Lipinski definition) is 0. The Balaban J connectivity index is 2.43. The van der Waals surface area contributed by atoms with Crippen LogP contribution in [0.5, 0.6) is 5.75 Å². The van der Waals surface area contributed by atoms with E-state index in [4.69, 9.17) is 0 Å². The minimum absolute atomic E-state index is 0.0964. The van der Waals surface area contributed by atoms with Gasteiger partial charge in [0, 0.05) is 10.5 Å². The van der Waals surface area contributed by atoms with Crippen LogP contribution in [0.25, 0.3) is 11.1 Å². The lowest BCUT2D eigenvalue weighted by Crippen LogP contribution is -1.84. The Hall–Kier alpha value is -1.41. The highest BCUT2D eigenvalue weighted by Crippen LogP contribution is 2.31. The Morgan fingerprint density at radius 3 is 2.35 bits per heavy atom. The zero-order valence-corrected chi connectivity index (χ0v) is 10.9. The van der Waals surface area contributed by atoms with Crippen molar-refractivity contribution in [3.8, 4) is 16.9 Å². The summed E-state index contributed by atoms with van der Waals surface area (Å²) in [4.78, 5) is 1.22. The third-order valence-electron chi connectivity index (χ3n) is 2.85. The van der Waals surface area contributed by atoms with E-state index in [0.29, 0.717) is 0 Å². The standard InChI is InChI=1S/C15H15OS/c1-3-11-4-9-15(16)14(10-11)12-5-7-13(17-2)8-6-12/h4-10H,3H2,1-2H3. The predicted octanol–water partition coefficient (Wildman–Crippen LogP) is 4.78. The molecule has 0 saturated carbocycles. The zero-order chi connectivity index (χ0) is 12.3. The summed E-state index contributed by atoms with van der Waals surface area (Å²) in [5, 5.41) is 11.8. The summed E-state index contributed by atoms with van der Waals surface area (Å²) in [6, 6.07) is 13.7. The molecule has 2 aromatic carbocycles. The summed E-state index contributed by atoms with van der Waals surface area (Å²) >= 11 is 1.71. The smallest absolute Gasteiger partial charge is 0.186 e. The molecule has 2 rings (SSSR count). The van der Waals surface area contributed by atoms with Crippen molar-refractivity contribution in [2.75, 3.05) is 6.26 Å². The van der Waals surface area contributed by atoms with E-state index < -0.39 is 0 Å². The molecule has 0 aliphatic heterocycles. The molecule has 0 spiro atoms. The minimum Gasteiger partial charge on any atom is -0.289 e. The fraction of sp³-hybridized carbons (Fsp3) is 0.200. The van der Waals surface area contributed by atoms with Crippen LogP contribution in [-0.2, 0) is 11.5 Å². The first-order valence-corrected chi connectivity index (χ1v) is 6.91. The van der Waals surface area contributed by atoms with E-state index in [1.54, 1.807) is 17.8 Å². The predicted molar refractivity (Wildman–Crippen MR) is 73.2 cm³/mol. The van der Waals surface area contributed by atoms with Crippen molar-refractivity contribution >= 4 is 11.8 Å². The molecule has 0 bridgehead atoms. The summed E-state index contributed by atoms with van der Waals surface area (Å²) < 4.78 is 0. The number of rotatable bonds is 3. The van der Waals surface area contributed by atoms with Crippen molar-refractivity contribution in [3.63, 3.8) is 0 Å². The molecule has 0 heterocycles. The van der Waals surface area contributed by atoms with Crippen LogP contribution in [-0.4, -0.2) is 6.26 Å². The topological polar surface area (TPSA) is 19.9 Å². The normalized spacial score (nSPS) is 10.5. The number of thioether (sulfide) groups is 1. The lowest BCUT2D eigenvalue weighted by molar-refractivity contribution is 0.356. The van der Waals surface area contributed by atoms with E-state index in [0.717, 1.165) is 17.5 Å². The highest BCUT2D eigenvalue weighted by molar-refractivity contribution is 7.98. The Labute approximate surface area is 107 Å². The van der Waals surface area contributed by atoms with Crippen molar-refractivity contribution in [3.05, 3.63) is 48.0 Å². The molecule has 0 fully saturated rings. The van der Waals surface area contributed by atoms with Gasteiger partial charge in [0.2, 0.25) is 0 Å². The summed E-state index contributed by atoms with van der Waals surface area (Å²) in [6.07, 6.45) is 3.00. The molecule has 0 aliphatic carbocycles. The molecule has 0 unspecified atom stereocenters. The third kappa shape index (κ3) is 2.64. The largest absolute Gasteiger partial charge is 0.289 e. The lowest BCUT2D eigenvalue weighted by atomic mass is 10.0. The molecule has 0 aliphatic rings. The third-order valence-corrected chi connectivity index (χ3v) is 3.60. The Morgan fingerprint density at radius 1 is 1.06 bits per heavy atom. The van der Waals surface area contributed by atoms with E-state index in [2.05, 4.69) is 19.1 Å². The molecule has 2 heteroatoms. The second-order valence-corrected chi connectivity index (χ2v) is 4.79. The van der Waals surface area contributed by atoms with Crippen LogP contribution in [0.3, 0.4) is 0 Å². The van der Waals surface area contributed by atoms with Crippen molar-refractivity contribution in [2.24, 2.45) is 0 Å². The molecule has 17 heavy (non-hydrogen) atoms. The van der Waals surface area contributed by atoms with Gasteiger partial charge in [-0.05, 0) is 48.1 Å². The average Bonchev–Trinajstić information content (AvgIpc) is 2.39. The summed E-state index contributed by atoms with van der Waals surface area (Å²) in [5.41, 5.74) is 3.01. The number of hydrogen-bond acceptors (Lipinski definition) is 1. The molecule has 0 saturated heterocycles. The van der Waals surface area contributed by atoms with Crippen LogP contribution in [0.2, 0.25) is 0 Å². The molecule has 1 radical (unpaired) electrons. The van der Waals surface area contributed by atoms with Crippen LogP contribution in [0.15, 0.2) is 47.4 Å². The first-order chi connectivity index (χ1) is 8.24. The highest BCUT2D eigenvalue weighted by atomic mass is 32.2. The van der Waals surface area contributed by atoms with Gasteiger partial charge in [-0.15, -0.1) is 11.8 Å². The zero-order valence-electron chi connectivity index (χ0n) is 10.1. The summed E-state index contributed by atoms with van der Waals surface area (Å²) in [6.45, 7) is 2.10. The highest BCUT2D eigenvalue weighted by Gasteiger charge is 2.06. The van der Waals surface area contributed by atoms with Gasteiger partial charge in [-0.1, -0.05) is 25.1 Å². The lowest BCUT2D eigenvalue weighted by Gasteiger charge is -2.06. The Bertz CT molecular complexity index is 503. The van der Waals surface area contributed by atoms with E-state index in [9.17, 15) is 5.11 Å². The second kappa shape index (κ2) is 5.28. The number of aryl methyl sites for hydroxylation is 1. The van der Waals surface area contributed by atoms with Gasteiger partial charge in [0.15, 0.2) is 5.75 Å². The first kappa shape index (κ1) is 12.1. The maximum Gasteiger partial charge on any atom is 0.186 e. The molecule has 0 N–H and O–H groups in total. The summed E-state index contributed by atoms with van der Waals surface area (Å²) in [5.74, 6) is 0.0964. The monoisotopic (exact) mass is 243 g/mol. The van der Waals surface area contributed by atoms with Crippen LogP contribution < -0.4 is 0 Å². The van der Waals surface area contributed by atoms with Gasteiger partial charge in [0.05, 0.1) is 0 Å². The SMILES string of the molecule is CCc1ccc([O])c(-c2ccc(SC)cc2)c1. The average molecular weight is 243 g/mol. The van der Waals surface area contributed by atoms with Crippen molar-refractivity contribution in [1.82, 2.24) is 0 Å². The fourth-order valence-electron chi connectivity index (χ4n) is 1.79. The van der Waals surface area contributed by atoms with Crippen molar-refractivity contribution < 1.29 is 5.11 Å². The van der Waals surface area contributed by atoms with Gasteiger partial charge in [0.25, 0.3) is 0 Å². The van der Waals surface area contributed by atoms with E-state index in [1.165, 1.54) is 10.5 Å². The fourth-order valence-corrected chi connectivity index (χ4v) is 2.20. The van der Waals surface area contributed by atoms with Crippen LogP contribution >= 0.6 is 11.8 Å². The van der Waals surface area contributed by atoms with E-state index in [1.807, 2.05) is 30.5 Å². The quantitative estimate of drug-likeness (QED) is 0.710. The van der Waals surface area contributed by atoms with Gasteiger partial charge in [-0.25, -0.2) is 0 Å². The second-order valence-electron chi connectivity index (χ2n) is 3.91. The van der Waals surface area contributed by atoms with Gasteiger partial charge >= 0.3 is 0 Å². The molecular formula is C15H15OS. The van der Waals surface area contributed by atoms with Crippen molar-refractivity contribution in [1.29, 1.82) is 0 Å². The molecule has 2 aromatic rings. The Morgan fingerprint density at radius 2 is 1.76 bits per heavy atom. The van der Waals surface area contributed by atoms with Crippen LogP contribution in [0, 0.1) is 0 Å². The molecule has 1 nitrogen and oxygen atoms in total. The minimum atomic E-state index is 0.0964.